The topological polar surface area (TPSA) is 54.0 Å². The Balaban J connectivity index is 2.02. The van der Waals surface area contributed by atoms with Crippen molar-refractivity contribution >= 4 is 17.3 Å². The van der Waals surface area contributed by atoms with Crippen LogP contribution in [0.3, 0.4) is 0 Å². The maximum atomic E-state index is 12.3. The van der Waals surface area contributed by atoms with Crippen molar-refractivity contribution in [1.82, 2.24) is 4.98 Å². The molecule has 2 aromatic rings. The molecule has 0 saturated heterocycles. The van der Waals surface area contributed by atoms with Gasteiger partial charge in [0, 0.05) is 24.1 Å². The molecule has 2 rings (SSSR count). The Hall–Kier alpha value is -2.36. The second-order valence-corrected chi connectivity index (χ2v) is 5.81. The standard InChI is InChI=1S/C18H23N3O/c1-13(2)8-10-19-15-9-11-20-17(12-15)18(22)21-16-7-5-4-6-14(16)3/h4-7,9,11-13H,8,10H2,1-3H3,(H,19,20)(H,21,22). The van der Waals surface area contributed by atoms with Gasteiger partial charge in [0.15, 0.2) is 0 Å². The van der Waals surface area contributed by atoms with E-state index in [0.29, 0.717) is 11.6 Å². The molecular weight excluding hydrogens is 274 g/mol. The molecule has 0 atom stereocenters. The summed E-state index contributed by atoms with van der Waals surface area (Å²) >= 11 is 0. The zero-order valence-electron chi connectivity index (χ0n) is 13.4. The monoisotopic (exact) mass is 297 g/mol. The molecule has 2 N–H and O–H groups in total. The van der Waals surface area contributed by atoms with Crippen molar-refractivity contribution in [2.45, 2.75) is 27.2 Å². The number of anilines is 2. The molecular formula is C18H23N3O. The second-order valence-electron chi connectivity index (χ2n) is 5.81. The quantitative estimate of drug-likeness (QED) is 0.844. The summed E-state index contributed by atoms with van der Waals surface area (Å²) in [5.74, 6) is 0.458. The Morgan fingerprint density at radius 2 is 2.00 bits per heavy atom. The van der Waals surface area contributed by atoms with Crippen molar-refractivity contribution in [3.05, 3.63) is 53.9 Å². The molecule has 0 aliphatic carbocycles. The number of benzene rings is 1. The van der Waals surface area contributed by atoms with Crippen LogP contribution < -0.4 is 10.6 Å². The average Bonchev–Trinajstić information content (AvgIpc) is 2.49. The molecule has 0 fully saturated rings. The maximum absolute atomic E-state index is 12.3. The van der Waals surface area contributed by atoms with Crippen molar-refractivity contribution in [3.8, 4) is 0 Å². The van der Waals surface area contributed by atoms with Gasteiger partial charge in [0.2, 0.25) is 0 Å². The minimum Gasteiger partial charge on any atom is -0.385 e. The third kappa shape index (κ3) is 4.58. The summed E-state index contributed by atoms with van der Waals surface area (Å²) in [7, 11) is 0. The lowest BCUT2D eigenvalue weighted by Crippen LogP contribution is -2.15. The molecule has 0 aliphatic rings. The Bertz CT molecular complexity index is 638. The van der Waals surface area contributed by atoms with Gasteiger partial charge >= 0.3 is 0 Å². The van der Waals surface area contributed by atoms with E-state index in [1.54, 1.807) is 12.3 Å². The first kappa shape index (κ1) is 16.0. The van der Waals surface area contributed by atoms with Crippen LogP contribution in [0.1, 0.15) is 36.3 Å². The largest absolute Gasteiger partial charge is 0.385 e. The smallest absolute Gasteiger partial charge is 0.274 e. The fourth-order valence-corrected chi connectivity index (χ4v) is 2.07. The van der Waals surface area contributed by atoms with Gasteiger partial charge in [-0.3, -0.25) is 9.78 Å². The lowest BCUT2D eigenvalue weighted by atomic mass is 10.1. The molecule has 1 heterocycles. The van der Waals surface area contributed by atoms with Crippen LogP contribution in [-0.4, -0.2) is 17.4 Å². The van der Waals surface area contributed by atoms with Gasteiger partial charge in [0.05, 0.1) is 0 Å². The first-order valence-corrected chi connectivity index (χ1v) is 7.63. The number of rotatable bonds is 6. The zero-order chi connectivity index (χ0) is 15.9. The summed E-state index contributed by atoms with van der Waals surface area (Å²) in [6.07, 6.45) is 2.75. The Labute approximate surface area is 132 Å². The van der Waals surface area contributed by atoms with Gasteiger partial charge in [-0.2, -0.15) is 0 Å². The molecule has 0 aliphatic heterocycles. The minimum absolute atomic E-state index is 0.193. The van der Waals surface area contributed by atoms with Crippen LogP contribution in [0.15, 0.2) is 42.6 Å². The summed E-state index contributed by atoms with van der Waals surface area (Å²) in [6.45, 7) is 7.23. The van der Waals surface area contributed by atoms with Crippen molar-refractivity contribution < 1.29 is 4.79 Å². The molecule has 4 nitrogen and oxygen atoms in total. The number of hydrogen-bond donors (Lipinski definition) is 2. The van der Waals surface area contributed by atoms with Crippen LogP contribution in [0.2, 0.25) is 0 Å². The molecule has 1 aromatic carbocycles. The highest BCUT2D eigenvalue weighted by Crippen LogP contribution is 2.15. The fraction of sp³-hybridized carbons (Fsp3) is 0.333. The first-order chi connectivity index (χ1) is 10.6. The molecule has 1 amide bonds. The van der Waals surface area contributed by atoms with E-state index in [-0.39, 0.29) is 5.91 Å². The Morgan fingerprint density at radius 1 is 1.23 bits per heavy atom. The number of aromatic nitrogens is 1. The fourth-order valence-electron chi connectivity index (χ4n) is 2.07. The van der Waals surface area contributed by atoms with Crippen LogP contribution in [0.25, 0.3) is 0 Å². The lowest BCUT2D eigenvalue weighted by Gasteiger charge is -2.10. The van der Waals surface area contributed by atoms with Gasteiger partial charge in [-0.15, -0.1) is 0 Å². The molecule has 0 unspecified atom stereocenters. The van der Waals surface area contributed by atoms with Crippen LogP contribution in [0.4, 0.5) is 11.4 Å². The summed E-state index contributed by atoms with van der Waals surface area (Å²) in [6, 6.07) is 11.4. The maximum Gasteiger partial charge on any atom is 0.274 e. The van der Waals surface area contributed by atoms with Crippen LogP contribution in [0, 0.1) is 12.8 Å². The van der Waals surface area contributed by atoms with Crippen molar-refractivity contribution in [1.29, 1.82) is 0 Å². The number of hydrogen-bond acceptors (Lipinski definition) is 3. The summed E-state index contributed by atoms with van der Waals surface area (Å²) in [5, 5.41) is 6.23. The predicted molar refractivity (Wildman–Crippen MR) is 91.3 cm³/mol. The van der Waals surface area contributed by atoms with Crippen molar-refractivity contribution in [2.75, 3.05) is 17.2 Å². The molecule has 0 radical (unpaired) electrons. The van der Waals surface area contributed by atoms with Gasteiger partial charge in [-0.05, 0) is 43.0 Å². The molecule has 22 heavy (non-hydrogen) atoms. The third-order valence-electron chi connectivity index (χ3n) is 3.44. The molecule has 0 saturated carbocycles. The van der Waals surface area contributed by atoms with Crippen LogP contribution in [0.5, 0.6) is 0 Å². The van der Waals surface area contributed by atoms with E-state index in [0.717, 1.165) is 29.9 Å². The molecule has 1 aromatic heterocycles. The number of amides is 1. The van der Waals surface area contributed by atoms with E-state index in [9.17, 15) is 4.79 Å². The SMILES string of the molecule is Cc1ccccc1NC(=O)c1cc(NCCC(C)C)ccn1. The summed E-state index contributed by atoms with van der Waals surface area (Å²) < 4.78 is 0. The van der Waals surface area contributed by atoms with Gasteiger partial charge in [0.1, 0.15) is 5.69 Å². The van der Waals surface area contributed by atoms with Gasteiger partial charge in [-0.25, -0.2) is 0 Å². The lowest BCUT2D eigenvalue weighted by molar-refractivity contribution is 0.102. The number of carbonyl (C=O) groups is 1. The Morgan fingerprint density at radius 3 is 2.73 bits per heavy atom. The minimum atomic E-state index is -0.193. The number of carbonyl (C=O) groups excluding carboxylic acids is 1. The van der Waals surface area contributed by atoms with E-state index in [1.807, 2.05) is 37.3 Å². The third-order valence-corrected chi connectivity index (χ3v) is 3.44. The summed E-state index contributed by atoms with van der Waals surface area (Å²) in [5.41, 5.74) is 3.18. The van der Waals surface area contributed by atoms with E-state index < -0.39 is 0 Å². The second kappa shape index (κ2) is 7.59. The highest BCUT2D eigenvalue weighted by molar-refractivity contribution is 6.03. The number of pyridine rings is 1. The van der Waals surface area contributed by atoms with E-state index >= 15 is 0 Å². The molecule has 116 valence electrons. The van der Waals surface area contributed by atoms with E-state index in [2.05, 4.69) is 29.5 Å². The van der Waals surface area contributed by atoms with Gasteiger partial charge in [0.25, 0.3) is 5.91 Å². The van der Waals surface area contributed by atoms with Gasteiger partial charge in [-0.1, -0.05) is 32.0 Å². The molecule has 0 bridgehead atoms. The number of aryl methyl sites for hydroxylation is 1. The van der Waals surface area contributed by atoms with Crippen LogP contribution >= 0.6 is 0 Å². The van der Waals surface area contributed by atoms with Crippen molar-refractivity contribution in [2.24, 2.45) is 5.92 Å². The normalized spacial score (nSPS) is 10.5. The first-order valence-electron chi connectivity index (χ1n) is 7.63. The summed E-state index contributed by atoms with van der Waals surface area (Å²) in [4.78, 5) is 16.5. The number of nitrogens with one attached hydrogen (secondary N) is 2. The number of para-hydroxylation sites is 1. The zero-order valence-corrected chi connectivity index (χ0v) is 13.4. The highest BCUT2D eigenvalue weighted by atomic mass is 16.1. The average molecular weight is 297 g/mol. The van der Waals surface area contributed by atoms with E-state index in [4.69, 9.17) is 0 Å². The number of nitrogens with zero attached hydrogens (tertiary/aromatic N) is 1. The highest BCUT2D eigenvalue weighted by Gasteiger charge is 2.09. The Kier molecular flexibility index (Phi) is 5.53. The predicted octanol–water partition coefficient (Wildman–Crippen LogP) is 4.10. The molecule has 4 heteroatoms. The van der Waals surface area contributed by atoms with Crippen LogP contribution in [-0.2, 0) is 0 Å². The molecule has 0 spiro atoms. The van der Waals surface area contributed by atoms with E-state index in [1.165, 1.54) is 0 Å². The van der Waals surface area contributed by atoms with Gasteiger partial charge < -0.3 is 10.6 Å². The van der Waals surface area contributed by atoms with Crippen molar-refractivity contribution in [3.63, 3.8) is 0 Å².